The highest BCUT2D eigenvalue weighted by molar-refractivity contribution is 5.89. The maximum atomic E-state index is 13.2. The number of benzene rings is 1. The van der Waals surface area contributed by atoms with Gasteiger partial charge in [0.2, 0.25) is 0 Å². The van der Waals surface area contributed by atoms with Gasteiger partial charge >= 0.3 is 6.03 Å². The third-order valence-corrected chi connectivity index (χ3v) is 4.10. The molecule has 1 saturated heterocycles. The van der Waals surface area contributed by atoms with E-state index in [9.17, 15) is 13.6 Å². The first-order chi connectivity index (χ1) is 12.1. The number of nitrogens with one attached hydrogen (secondary N) is 1. The lowest BCUT2D eigenvalue weighted by Crippen LogP contribution is -2.38. The average molecular weight is 346 g/mol. The lowest BCUT2D eigenvalue weighted by atomic mass is 10.3. The Morgan fingerprint density at radius 1 is 1.08 bits per heavy atom. The monoisotopic (exact) mass is 346 g/mol. The smallest absolute Gasteiger partial charge is 0.321 e. The predicted octanol–water partition coefficient (Wildman–Crippen LogP) is 3.10. The fraction of sp³-hybridized carbons (Fsp3) is 0.333. The van der Waals surface area contributed by atoms with Crippen molar-refractivity contribution in [3.05, 3.63) is 59.9 Å². The molecule has 0 atom stereocenters. The van der Waals surface area contributed by atoms with Gasteiger partial charge in [0, 0.05) is 50.7 Å². The Labute approximate surface area is 145 Å². The van der Waals surface area contributed by atoms with Crippen molar-refractivity contribution in [3.63, 3.8) is 0 Å². The minimum Gasteiger partial charge on any atom is -0.323 e. The Bertz CT molecular complexity index is 706. The van der Waals surface area contributed by atoms with E-state index in [4.69, 9.17) is 0 Å². The molecule has 0 radical (unpaired) electrons. The first-order valence-electron chi connectivity index (χ1n) is 8.24. The number of halogens is 2. The van der Waals surface area contributed by atoms with E-state index in [0.717, 1.165) is 49.9 Å². The molecule has 0 spiro atoms. The zero-order valence-corrected chi connectivity index (χ0v) is 13.8. The second kappa shape index (κ2) is 8.02. The molecule has 1 N–H and O–H groups in total. The van der Waals surface area contributed by atoms with Crippen molar-refractivity contribution in [2.45, 2.75) is 13.0 Å². The summed E-state index contributed by atoms with van der Waals surface area (Å²) in [6.45, 7) is 3.49. The van der Waals surface area contributed by atoms with Crippen LogP contribution in [0.1, 0.15) is 12.1 Å². The Morgan fingerprint density at radius 2 is 1.88 bits per heavy atom. The summed E-state index contributed by atoms with van der Waals surface area (Å²) in [6, 6.07) is 8.46. The minimum atomic E-state index is -0.715. The van der Waals surface area contributed by atoms with Crippen LogP contribution in [0.25, 0.3) is 0 Å². The number of nitrogens with zero attached hydrogens (tertiary/aromatic N) is 3. The molecule has 25 heavy (non-hydrogen) atoms. The molecule has 0 unspecified atom stereocenters. The molecule has 3 rings (SSSR count). The molecular weight excluding hydrogens is 326 g/mol. The van der Waals surface area contributed by atoms with Crippen molar-refractivity contribution >= 4 is 11.7 Å². The molecule has 1 aliphatic rings. The van der Waals surface area contributed by atoms with Crippen molar-refractivity contribution in [3.8, 4) is 0 Å². The predicted molar refractivity (Wildman–Crippen MR) is 91.1 cm³/mol. The van der Waals surface area contributed by atoms with Gasteiger partial charge in [-0.3, -0.25) is 9.88 Å². The third kappa shape index (κ3) is 4.96. The first-order valence-corrected chi connectivity index (χ1v) is 8.24. The van der Waals surface area contributed by atoms with Crippen molar-refractivity contribution in [2.24, 2.45) is 0 Å². The van der Waals surface area contributed by atoms with Gasteiger partial charge < -0.3 is 10.2 Å². The van der Waals surface area contributed by atoms with Crippen LogP contribution >= 0.6 is 0 Å². The summed E-state index contributed by atoms with van der Waals surface area (Å²) >= 11 is 0. The quantitative estimate of drug-likeness (QED) is 0.929. The normalized spacial score (nSPS) is 15.7. The van der Waals surface area contributed by atoms with E-state index in [1.54, 1.807) is 11.1 Å². The molecule has 5 nitrogen and oxygen atoms in total. The van der Waals surface area contributed by atoms with E-state index >= 15 is 0 Å². The summed E-state index contributed by atoms with van der Waals surface area (Å²) in [4.78, 5) is 20.6. The van der Waals surface area contributed by atoms with Crippen LogP contribution in [0, 0.1) is 11.6 Å². The van der Waals surface area contributed by atoms with Crippen LogP contribution in [0.2, 0.25) is 0 Å². The second-order valence-electron chi connectivity index (χ2n) is 6.03. The van der Waals surface area contributed by atoms with E-state index in [2.05, 4.69) is 15.2 Å². The molecule has 2 aromatic rings. The molecule has 2 amide bonds. The lowest BCUT2D eigenvalue weighted by Gasteiger charge is -2.22. The number of pyridine rings is 1. The van der Waals surface area contributed by atoms with Gasteiger partial charge in [0.15, 0.2) is 0 Å². The Hall–Kier alpha value is -2.54. The van der Waals surface area contributed by atoms with Crippen LogP contribution in [0.4, 0.5) is 19.3 Å². The minimum absolute atomic E-state index is 0.122. The number of carbonyl (C=O) groups is 1. The number of amides is 2. The van der Waals surface area contributed by atoms with Crippen molar-refractivity contribution < 1.29 is 13.6 Å². The SMILES string of the molecule is O=C(Nc1cc(F)cc(F)c1)N1CCCN(Cc2ccccn2)CC1. The molecule has 132 valence electrons. The molecule has 7 heteroatoms. The molecule has 2 heterocycles. The summed E-state index contributed by atoms with van der Waals surface area (Å²) in [5.41, 5.74) is 1.12. The highest BCUT2D eigenvalue weighted by Gasteiger charge is 2.19. The van der Waals surface area contributed by atoms with Crippen molar-refractivity contribution in [2.75, 3.05) is 31.5 Å². The van der Waals surface area contributed by atoms with Gasteiger partial charge in [-0.2, -0.15) is 0 Å². The Morgan fingerprint density at radius 3 is 2.60 bits per heavy atom. The van der Waals surface area contributed by atoms with Crippen LogP contribution in [0.3, 0.4) is 0 Å². The lowest BCUT2D eigenvalue weighted by molar-refractivity contribution is 0.211. The Balaban J connectivity index is 1.56. The van der Waals surface area contributed by atoms with E-state index in [-0.39, 0.29) is 11.7 Å². The number of urea groups is 1. The summed E-state index contributed by atoms with van der Waals surface area (Å²) in [7, 11) is 0. The molecule has 0 bridgehead atoms. The molecule has 1 aromatic heterocycles. The first kappa shape index (κ1) is 17.3. The van der Waals surface area contributed by atoms with Crippen LogP contribution in [-0.2, 0) is 6.54 Å². The van der Waals surface area contributed by atoms with E-state index in [1.165, 1.54) is 0 Å². The summed E-state index contributed by atoms with van der Waals surface area (Å²) in [5, 5.41) is 2.56. The largest absolute Gasteiger partial charge is 0.323 e. The standard InChI is InChI=1S/C18H20F2N4O/c19-14-10-15(20)12-17(11-14)22-18(25)24-7-3-6-23(8-9-24)13-16-4-1-2-5-21-16/h1-2,4-5,10-12H,3,6-9,13H2,(H,22,25). The van der Waals surface area contributed by atoms with Gasteiger partial charge in [-0.1, -0.05) is 6.07 Å². The zero-order chi connectivity index (χ0) is 17.6. The highest BCUT2D eigenvalue weighted by atomic mass is 19.1. The maximum absolute atomic E-state index is 13.2. The van der Waals surface area contributed by atoms with Crippen LogP contribution in [0.15, 0.2) is 42.6 Å². The number of aromatic nitrogens is 1. The Kier molecular flexibility index (Phi) is 5.55. The topological polar surface area (TPSA) is 48.5 Å². The second-order valence-corrected chi connectivity index (χ2v) is 6.03. The van der Waals surface area contributed by atoms with Gasteiger partial charge in [0.25, 0.3) is 0 Å². The molecule has 0 saturated carbocycles. The third-order valence-electron chi connectivity index (χ3n) is 4.10. The van der Waals surface area contributed by atoms with Gasteiger partial charge in [0.05, 0.1) is 5.69 Å². The molecule has 1 aromatic carbocycles. The van der Waals surface area contributed by atoms with Gasteiger partial charge in [-0.25, -0.2) is 13.6 Å². The zero-order valence-electron chi connectivity index (χ0n) is 13.8. The number of hydrogen-bond acceptors (Lipinski definition) is 3. The number of rotatable bonds is 3. The molecule has 0 aliphatic carbocycles. The van der Waals surface area contributed by atoms with Gasteiger partial charge in [-0.05, 0) is 30.7 Å². The summed E-state index contributed by atoms with van der Waals surface area (Å²) in [6.07, 6.45) is 2.60. The van der Waals surface area contributed by atoms with Crippen LogP contribution in [-0.4, -0.2) is 47.0 Å². The fourth-order valence-corrected chi connectivity index (χ4v) is 2.88. The summed E-state index contributed by atoms with van der Waals surface area (Å²) < 4.78 is 26.5. The van der Waals surface area contributed by atoms with E-state index < -0.39 is 11.6 Å². The number of carbonyl (C=O) groups excluding carboxylic acids is 1. The van der Waals surface area contributed by atoms with Crippen LogP contribution in [0.5, 0.6) is 0 Å². The van der Waals surface area contributed by atoms with Gasteiger partial charge in [0.1, 0.15) is 11.6 Å². The van der Waals surface area contributed by atoms with E-state index in [0.29, 0.717) is 13.1 Å². The summed E-state index contributed by atoms with van der Waals surface area (Å²) in [5.74, 6) is -1.43. The van der Waals surface area contributed by atoms with Crippen LogP contribution < -0.4 is 5.32 Å². The average Bonchev–Trinajstić information content (AvgIpc) is 2.80. The molecular formula is C18H20F2N4O. The molecule has 1 aliphatic heterocycles. The molecule has 1 fully saturated rings. The van der Waals surface area contributed by atoms with E-state index in [1.807, 2.05) is 18.2 Å². The fourth-order valence-electron chi connectivity index (χ4n) is 2.88. The highest BCUT2D eigenvalue weighted by Crippen LogP contribution is 2.14. The van der Waals surface area contributed by atoms with Crippen molar-refractivity contribution in [1.82, 2.24) is 14.8 Å². The maximum Gasteiger partial charge on any atom is 0.321 e. The van der Waals surface area contributed by atoms with Crippen molar-refractivity contribution in [1.29, 1.82) is 0 Å². The van der Waals surface area contributed by atoms with Gasteiger partial charge in [-0.15, -0.1) is 0 Å². The number of hydrogen-bond donors (Lipinski definition) is 1. The number of anilines is 1.